The molecule has 0 amide bonds. The summed E-state index contributed by atoms with van der Waals surface area (Å²) in [6.07, 6.45) is 1.13. The molecule has 0 aliphatic carbocycles. The minimum absolute atomic E-state index is 0.420. The Morgan fingerprint density at radius 2 is 2.07 bits per heavy atom. The molecule has 0 fully saturated rings. The largest absolute Gasteiger partial charge is 0.312 e. The average Bonchev–Trinajstić information content (AvgIpc) is 2.53. The van der Waals surface area contributed by atoms with Crippen LogP contribution in [0.3, 0.4) is 0 Å². The van der Waals surface area contributed by atoms with Gasteiger partial charge in [-0.05, 0) is 39.8 Å². The summed E-state index contributed by atoms with van der Waals surface area (Å²) in [6, 6.07) is 3.06. The molecular weight excluding hydrogens is 186 g/mol. The molecule has 3 nitrogen and oxygen atoms in total. The van der Waals surface area contributed by atoms with Crippen molar-refractivity contribution < 1.29 is 0 Å². The Morgan fingerprint density at radius 1 is 1.40 bits per heavy atom. The van der Waals surface area contributed by atoms with E-state index in [1.165, 1.54) is 5.69 Å². The van der Waals surface area contributed by atoms with Crippen molar-refractivity contribution in [2.24, 2.45) is 0 Å². The van der Waals surface area contributed by atoms with Crippen LogP contribution in [0.1, 0.15) is 44.6 Å². The zero-order valence-corrected chi connectivity index (χ0v) is 10.5. The van der Waals surface area contributed by atoms with Gasteiger partial charge >= 0.3 is 0 Å². The van der Waals surface area contributed by atoms with Gasteiger partial charge in [0.05, 0.1) is 11.7 Å². The van der Waals surface area contributed by atoms with Gasteiger partial charge < -0.3 is 5.32 Å². The van der Waals surface area contributed by atoms with Gasteiger partial charge in [-0.25, -0.2) is 0 Å². The summed E-state index contributed by atoms with van der Waals surface area (Å²) in [5, 5.41) is 8.04. The lowest BCUT2D eigenvalue weighted by Crippen LogP contribution is -2.36. The van der Waals surface area contributed by atoms with Crippen molar-refractivity contribution in [1.29, 1.82) is 0 Å². The van der Waals surface area contributed by atoms with Gasteiger partial charge in [0.15, 0.2) is 0 Å². The van der Waals surface area contributed by atoms with E-state index in [4.69, 9.17) is 0 Å². The van der Waals surface area contributed by atoms with Gasteiger partial charge in [-0.2, -0.15) is 5.10 Å². The number of aryl methyl sites for hydroxylation is 2. The summed E-state index contributed by atoms with van der Waals surface area (Å²) in [5.41, 5.74) is 2.35. The topological polar surface area (TPSA) is 29.9 Å². The molecule has 1 rings (SSSR count). The fourth-order valence-corrected chi connectivity index (χ4v) is 2.15. The van der Waals surface area contributed by atoms with Crippen LogP contribution >= 0.6 is 0 Å². The monoisotopic (exact) mass is 209 g/mol. The molecule has 3 heteroatoms. The van der Waals surface area contributed by atoms with Crippen molar-refractivity contribution in [1.82, 2.24) is 15.1 Å². The van der Waals surface area contributed by atoms with Crippen molar-refractivity contribution in [3.8, 4) is 0 Å². The molecule has 0 radical (unpaired) electrons. The first-order valence-electron chi connectivity index (χ1n) is 5.86. The number of rotatable bonds is 5. The highest BCUT2D eigenvalue weighted by Gasteiger charge is 2.18. The van der Waals surface area contributed by atoms with Gasteiger partial charge in [-0.3, -0.25) is 4.68 Å². The lowest BCUT2D eigenvalue weighted by Gasteiger charge is -2.25. The Hall–Kier alpha value is -0.830. The first-order valence-corrected chi connectivity index (χ1v) is 5.86. The molecule has 1 heterocycles. The smallest absolute Gasteiger partial charge is 0.0647 e. The molecule has 0 aliphatic heterocycles. The predicted octanol–water partition coefficient (Wildman–Crippen LogP) is 2.45. The van der Waals surface area contributed by atoms with E-state index in [2.05, 4.69) is 48.9 Å². The van der Waals surface area contributed by atoms with Crippen LogP contribution in [0.2, 0.25) is 0 Å². The molecule has 0 bridgehead atoms. The van der Waals surface area contributed by atoms with Gasteiger partial charge in [0.25, 0.3) is 0 Å². The van der Waals surface area contributed by atoms with E-state index in [0.717, 1.165) is 18.7 Å². The van der Waals surface area contributed by atoms with E-state index in [1.807, 2.05) is 6.92 Å². The van der Waals surface area contributed by atoms with Gasteiger partial charge in [0.2, 0.25) is 0 Å². The number of likely N-dealkylation sites (N-methyl/N-ethyl adjacent to an activating group) is 1. The van der Waals surface area contributed by atoms with Crippen LogP contribution in [0.4, 0.5) is 0 Å². The van der Waals surface area contributed by atoms with Crippen molar-refractivity contribution in [2.75, 3.05) is 6.54 Å². The van der Waals surface area contributed by atoms with Gasteiger partial charge in [0.1, 0.15) is 0 Å². The third-order valence-electron chi connectivity index (χ3n) is 2.92. The molecule has 2 unspecified atom stereocenters. The van der Waals surface area contributed by atoms with Crippen LogP contribution in [-0.2, 0) is 0 Å². The second-order valence-corrected chi connectivity index (χ2v) is 4.18. The fourth-order valence-electron chi connectivity index (χ4n) is 2.15. The summed E-state index contributed by atoms with van der Waals surface area (Å²) < 4.78 is 2.13. The number of nitrogens with zero attached hydrogens (tertiary/aromatic N) is 2. The molecule has 86 valence electrons. The molecule has 15 heavy (non-hydrogen) atoms. The average molecular weight is 209 g/mol. The zero-order valence-electron chi connectivity index (χ0n) is 10.5. The Labute approximate surface area is 92.9 Å². The molecule has 1 N–H and O–H groups in total. The molecular formula is C12H23N3. The SMILES string of the molecule is CCNC(CC)C(C)n1nc(C)cc1C. The molecule has 0 saturated heterocycles. The van der Waals surface area contributed by atoms with Gasteiger partial charge in [0, 0.05) is 11.7 Å². The number of hydrogen-bond acceptors (Lipinski definition) is 2. The van der Waals surface area contributed by atoms with Crippen LogP contribution in [0.5, 0.6) is 0 Å². The fraction of sp³-hybridized carbons (Fsp3) is 0.750. The van der Waals surface area contributed by atoms with Crippen molar-refractivity contribution in [2.45, 2.75) is 53.1 Å². The Morgan fingerprint density at radius 3 is 2.47 bits per heavy atom. The second kappa shape index (κ2) is 5.31. The van der Waals surface area contributed by atoms with Crippen molar-refractivity contribution >= 4 is 0 Å². The number of aromatic nitrogens is 2. The van der Waals surface area contributed by atoms with Crippen LogP contribution in [-0.4, -0.2) is 22.4 Å². The van der Waals surface area contributed by atoms with Crippen LogP contribution in [0.15, 0.2) is 6.07 Å². The van der Waals surface area contributed by atoms with Crippen molar-refractivity contribution in [3.05, 3.63) is 17.5 Å². The van der Waals surface area contributed by atoms with E-state index in [0.29, 0.717) is 12.1 Å². The van der Waals surface area contributed by atoms with E-state index in [-0.39, 0.29) is 0 Å². The third kappa shape index (κ3) is 2.81. The summed E-state index contributed by atoms with van der Waals surface area (Å²) in [5.74, 6) is 0. The lowest BCUT2D eigenvalue weighted by atomic mass is 10.1. The Kier molecular flexibility index (Phi) is 4.33. The second-order valence-electron chi connectivity index (χ2n) is 4.18. The van der Waals surface area contributed by atoms with E-state index in [9.17, 15) is 0 Å². The summed E-state index contributed by atoms with van der Waals surface area (Å²) >= 11 is 0. The molecule has 2 atom stereocenters. The number of nitrogens with one attached hydrogen (secondary N) is 1. The highest BCUT2D eigenvalue weighted by Crippen LogP contribution is 2.16. The molecule has 1 aromatic heterocycles. The lowest BCUT2D eigenvalue weighted by molar-refractivity contribution is 0.338. The predicted molar refractivity (Wildman–Crippen MR) is 64.2 cm³/mol. The highest BCUT2D eigenvalue weighted by atomic mass is 15.3. The quantitative estimate of drug-likeness (QED) is 0.807. The van der Waals surface area contributed by atoms with Crippen molar-refractivity contribution in [3.63, 3.8) is 0 Å². The minimum atomic E-state index is 0.420. The van der Waals surface area contributed by atoms with Crippen LogP contribution < -0.4 is 5.32 Å². The Bertz CT molecular complexity index is 304. The first-order chi connectivity index (χ1) is 7.10. The summed E-state index contributed by atoms with van der Waals surface area (Å²) in [4.78, 5) is 0. The maximum atomic E-state index is 4.54. The summed E-state index contributed by atoms with van der Waals surface area (Å²) in [6.45, 7) is 11.8. The maximum Gasteiger partial charge on any atom is 0.0647 e. The standard InChI is InChI=1S/C12H23N3/c1-6-12(13-7-2)11(5)15-10(4)8-9(3)14-15/h8,11-13H,6-7H2,1-5H3. The number of hydrogen-bond donors (Lipinski definition) is 1. The third-order valence-corrected chi connectivity index (χ3v) is 2.92. The molecule has 0 spiro atoms. The molecule has 1 aromatic rings. The maximum absolute atomic E-state index is 4.54. The van der Waals surface area contributed by atoms with Crippen LogP contribution in [0.25, 0.3) is 0 Å². The Balaban J connectivity index is 2.81. The van der Waals surface area contributed by atoms with E-state index >= 15 is 0 Å². The molecule has 0 saturated carbocycles. The highest BCUT2D eigenvalue weighted by molar-refractivity contribution is 5.08. The molecule has 0 aliphatic rings. The van der Waals surface area contributed by atoms with E-state index in [1.54, 1.807) is 0 Å². The van der Waals surface area contributed by atoms with Gasteiger partial charge in [-0.15, -0.1) is 0 Å². The summed E-state index contributed by atoms with van der Waals surface area (Å²) in [7, 11) is 0. The minimum Gasteiger partial charge on any atom is -0.312 e. The molecule has 0 aromatic carbocycles. The zero-order chi connectivity index (χ0) is 11.4. The van der Waals surface area contributed by atoms with Crippen LogP contribution in [0, 0.1) is 13.8 Å². The normalized spacial score (nSPS) is 15.3. The van der Waals surface area contributed by atoms with Gasteiger partial charge in [-0.1, -0.05) is 13.8 Å². The van der Waals surface area contributed by atoms with E-state index < -0.39 is 0 Å². The first kappa shape index (κ1) is 12.2.